The van der Waals surface area contributed by atoms with E-state index in [1.807, 2.05) is 18.2 Å². The summed E-state index contributed by atoms with van der Waals surface area (Å²) in [5.41, 5.74) is 3.04. The van der Waals surface area contributed by atoms with Crippen molar-refractivity contribution in [3.63, 3.8) is 0 Å². The number of aryl methyl sites for hydroxylation is 1. The molecule has 2 aromatic rings. The molecule has 1 aromatic carbocycles. The lowest BCUT2D eigenvalue weighted by Gasteiger charge is -2.18. The van der Waals surface area contributed by atoms with Gasteiger partial charge in [-0.15, -0.1) is 0 Å². The molecule has 3 nitrogen and oxygen atoms in total. The van der Waals surface area contributed by atoms with Gasteiger partial charge in [-0.2, -0.15) is 5.10 Å². The Hall–Kier alpha value is -2.16. The minimum Gasteiger partial charge on any atom is -0.288 e. The van der Waals surface area contributed by atoms with Crippen LogP contribution in [0.4, 0.5) is 0 Å². The first-order chi connectivity index (χ1) is 9.38. The van der Waals surface area contributed by atoms with E-state index >= 15 is 0 Å². The summed E-state index contributed by atoms with van der Waals surface area (Å²) in [6.45, 7) is 6.55. The van der Waals surface area contributed by atoms with E-state index in [9.17, 15) is 4.79 Å². The first kappa shape index (κ1) is 14.3. The Morgan fingerprint density at radius 3 is 2.30 bits per heavy atom. The Balaban J connectivity index is 2.12. The zero-order chi connectivity index (χ0) is 14.8. The summed E-state index contributed by atoms with van der Waals surface area (Å²) in [5.74, 6) is -0.0371. The largest absolute Gasteiger partial charge is 0.288 e. The van der Waals surface area contributed by atoms with Crippen LogP contribution in [-0.2, 0) is 12.5 Å². The molecule has 0 aliphatic heterocycles. The van der Waals surface area contributed by atoms with Crippen molar-refractivity contribution >= 4 is 11.9 Å². The molecule has 0 saturated heterocycles. The highest BCUT2D eigenvalue weighted by Crippen LogP contribution is 2.22. The maximum Gasteiger partial charge on any atom is 0.203 e. The van der Waals surface area contributed by atoms with Gasteiger partial charge in [-0.25, -0.2) is 0 Å². The molecule has 0 saturated carbocycles. The average molecular weight is 268 g/mol. The normalized spacial score (nSPS) is 12.0. The van der Waals surface area contributed by atoms with Gasteiger partial charge in [0.25, 0.3) is 0 Å². The van der Waals surface area contributed by atoms with E-state index in [-0.39, 0.29) is 11.2 Å². The van der Waals surface area contributed by atoms with Gasteiger partial charge in [0.1, 0.15) is 5.69 Å². The van der Waals surface area contributed by atoms with Gasteiger partial charge in [0, 0.05) is 13.2 Å². The molecule has 0 N–H and O–H groups in total. The lowest BCUT2D eigenvalue weighted by molar-refractivity contribution is 0.103. The highest BCUT2D eigenvalue weighted by molar-refractivity contribution is 6.05. The number of rotatable bonds is 3. The van der Waals surface area contributed by atoms with Gasteiger partial charge in [-0.1, -0.05) is 51.1 Å². The van der Waals surface area contributed by atoms with E-state index in [0.29, 0.717) is 5.69 Å². The zero-order valence-corrected chi connectivity index (χ0v) is 12.4. The molecule has 0 amide bonds. The molecule has 0 bridgehead atoms. The third kappa shape index (κ3) is 3.23. The minimum absolute atomic E-state index is 0.0371. The van der Waals surface area contributed by atoms with Crippen LogP contribution in [0.15, 0.2) is 42.6 Å². The van der Waals surface area contributed by atoms with Crippen molar-refractivity contribution in [2.24, 2.45) is 7.05 Å². The van der Waals surface area contributed by atoms with Crippen LogP contribution in [0.2, 0.25) is 0 Å². The van der Waals surface area contributed by atoms with Crippen molar-refractivity contribution in [2.75, 3.05) is 0 Å². The molecule has 0 unspecified atom stereocenters. The fraction of sp³-hybridized carbons (Fsp3) is 0.294. The topological polar surface area (TPSA) is 34.9 Å². The van der Waals surface area contributed by atoms with Gasteiger partial charge in [0.05, 0.1) is 0 Å². The number of hydrogen-bond donors (Lipinski definition) is 0. The quantitative estimate of drug-likeness (QED) is 0.629. The molecule has 0 fully saturated rings. The molecule has 0 spiro atoms. The van der Waals surface area contributed by atoms with Crippen LogP contribution in [0.25, 0.3) is 6.08 Å². The molecule has 0 aliphatic carbocycles. The Kier molecular flexibility index (Phi) is 3.89. The summed E-state index contributed by atoms with van der Waals surface area (Å²) < 4.78 is 1.58. The minimum atomic E-state index is -0.0371. The van der Waals surface area contributed by atoms with E-state index < -0.39 is 0 Å². The second kappa shape index (κ2) is 5.45. The van der Waals surface area contributed by atoms with Crippen LogP contribution in [0.3, 0.4) is 0 Å². The fourth-order valence-corrected chi connectivity index (χ4v) is 1.97. The molecule has 20 heavy (non-hydrogen) atoms. The van der Waals surface area contributed by atoms with Crippen LogP contribution in [0.1, 0.15) is 42.4 Å². The van der Waals surface area contributed by atoms with Crippen molar-refractivity contribution in [1.82, 2.24) is 9.78 Å². The summed E-state index contributed by atoms with van der Waals surface area (Å²) in [6, 6.07) is 10.00. The van der Waals surface area contributed by atoms with Gasteiger partial charge in [-0.05, 0) is 28.7 Å². The summed E-state index contributed by atoms with van der Waals surface area (Å²) in [4.78, 5) is 12.0. The predicted octanol–water partition coefficient (Wildman–Crippen LogP) is 3.61. The monoisotopic (exact) mass is 268 g/mol. The smallest absolute Gasteiger partial charge is 0.203 e. The average Bonchev–Trinajstić information content (AvgIpc) is 2.82. The van der Waals surface area contributed by atoms with E-state index in [0.717, 1.165) is 5.56 Å². The second-order valence-corrected chi connectivity index (χ2v) is 5.91. The maximum atomic E-state index is 12.0. The van der Waals surface area contributed by atoms with Crippen molar-refractivity contribution in [3.05, 3.63) is 59.4 Å². The number of carbonyl (C=O) groups is 1. The first-order valence-corrected chi connectivity index (χ1v) is 6.69. The summed E-state index contributed by atoms with van der Waals surface area (Å²) in [5, 5.41) is 3.99. The standard InChI is InChI=1S/C17H20N2O/c1-17(2,3)14-8-5-13(6-9-14)7-10-16(20)15-11-12-18-19(15)4/h5-12H,1-4H3/b10-7+. The van der Waals surface area contributed by atoms with Crippen LogP contribution < -0.4 is 0 Å². The third-order valence-corrected chi connectivity index (χ3v) is 3.28. The maximum absolute atomic E-state index is 12.0. The van der Waals surface area contributed by atoms with Crippen LogP contribution in [0, 0.1) is 0 Å². The Morgan fingerprint density at radius 1 is 1.15 bits per heavy atom. The van der Waals surface area contributed by atoms with Crippen molar-refractivity contribution in [2.45, 2.75) is 26.2 Å². The summed E-state index contributed by atoms with van der Waals surface area (Å²) in [6.07, 6.45) is 5.05. The van der Waals surface area contributed by atoms with Gasteiger partial charge < -0.3 is 0 Å². The highest BCUT2D eigenvalue weighted by atomic mass is 16.1. The fourth-order valence-electron chi connectivity index (χ4n) is 1.97. The van der Waals surface area contributed by atoms with Gasteiger partial charge in [-0.3, -0.25) is 9.48 Å². The summed E-state index contributed by atoms with van der Waals surface area (Å²) in [7, 11) is 1.76. The highest BCUT2D eigenvalue weighted by Gasteiger charge is 2.12. The van der Waals surface area contributed by atoms with E-state index in [1.54, 1.807) is 30.1 Å². The molecule has 104 valence electrons. The molecule has 2 rings (SSSR count). The number of allylic oxidation sites excluding steroid dienone is 1. The van der Waals surface area contributed by atoms with E-state index in [4.69, 9.17) is 0 Å². The van der Waals surface area contributed by atoms with Crippen molar-refractivity contribution < 1.29 is 4.79 Å². The Morgan fingerprint density at radius 2 is 1.80 bits per heavy atom. The zero-order valence-electron chi connectivity index (χ0n) is 12.4. The number of hydrogen-bond acceptors (Lipinski definition) is 2. The lowest BCUT2D eigenvalue weighted by Crippen LogP contribution is -2.10. The van der Waals surface area contributed by atoms with Gasteiger partial charge in [0.15, 0.2) is 0 Å². The van der Waals surface area contributed by atoms with E-state index in [2.05, 4.69) is 38.0 Å². The number of benzene rings is 1. The van der Waals surface area contributed by atoms with Crippen molar-refractivity contribution in [3.8, 4) is 0 Å². The molecule has 1 aromatic heterocycles. The van der Waals surface area contributed by atoms with E-state index in [1.165, 1.54) is 5.56 Å². The molecule has 0 aliphatic rings. The molecular formula is C17H20N2O. The second-order valence-electron chi connectivity index (χ2n) is 5.91. The van der Waals surface area contributed by atoms with Crippen molar-refractivity contribution in [1.29, 1.82) is 0 Å². The molecule has 1 heterocycles. The number of nitrogens with zero attached hydrogens (tertiary/aromatic N) is 2. The van der Waals surface area contributed by atoms with Crippen LogP contribution in [-0.4, -0.2) is 15.6 Å². The van der Waals surface area contributed by atoms with Crippen LogP contribution >= 0.6 is 0 Å². The van der Waals surface area contributed by atoms with Gasteiger partial charge >= 0.3 is 0 Å². The summed E-state index contributed by atoms with van der Waals surface area (Å²) >= 11 is 0. The number of carbonyl (C=O) groups excluding carboxylic acids is 1. The van der Waals surface area contributed by atoms with Crippen LogP contribution in [0.5, 0.6) is 0 Å². The lowest BCUT2D eigenvalue weighted by atomic mass is 9.87. The molecule has 0 atom stereocenters. The molecule has 3 heteroatoms. The number of ketones is 1. The SMILES string of the molecule is Cn1nccc1C(=O)/C=C/c1ccc(C(C)(C)C)cc1. The third-order valence-electron chi connectivity index (χ3n) is 3.28. The predicted molar refractivity (Wildman–Crippen MR) is 81.7 cm³/mol. The Labute approximate surface area is 119 Å². The number of aromatic nitrogens is 2. The molecular weight excluding hydrogens is 248 g/mol. The molecule has 0 radical (unpaired) electrons. The first-order valence-electron chi connectivity index (χ1n) is 6.69. The Bertz CT molecular complexity index is 628. The van der Waals surface area contributed by atoms with Gasteiger partial charge in [0.2, 0.25) is 5.78 Å².